The fraction of sp³-hybridized carbons (Fsp3) is 0.500. The largest absolute Gasteiger partial charge is 0.359 e. The van der Waals surface area contributed by atoms with Crippen LogP contribution in [0.4, 0.5) is 4.39 Å². The van der Waals surface area contributed by atoms with E-state index < -0.39 is 0 Å². The van der Waals surface area contributed by atoms with Crippen molar-refractivity contribution in [3.63, 3.8) is 0 Å². The smallest absolute Gasteiger partial charge is 0.127 e. The van der Waals surface area contributed by atoms with Crippen LogP contribution in [-0.4, -0.2) is 11.5 Å². The van der Waals surface area contributed by atoms with Crippen molar-refractivity contribution in [2.75, 3.05) is 6.54 Å². The summed E-state index contributed by atoms with van der Waals surface area (Å²) < 4.78 is 14.5. The van der Waals surface area contributed by atoms with Gasteiger partial charge >= 0.3 is 0 Å². The minimum atomic E-state index is -0.157. The predicted molar refractivity (Wildman–Crippen MR) is 76.8 cm³/mol. The molecule has 0 saturated heterocycles. The SMILES string of the molecule is Cc1cc2cc(F)c(C3(CN)CCCCC3)cc2[nH]1. The van der Waals surface area contributed by atoms with E-state index in [0.29, 0.717) is 6.54 Å². The maximum absolute atomic E-state index is 14.5. The molecule has 3 rings (SSSR count). The number of nitrogens with two attached hydrogens (primary N) is 1. The fourth-order valence-corrected chi connectivity index (χ4v) is 3.52. The number of nitrogens with one attached hydrogen (secondary N) is 1. The van der Waals surface area contributed by atoms with Gasteiger partial charge in [-0.15, -0.1) is 0 Å². The number of hydrogen-bond acceptors (Lipinski definition) is 1. The number of H-pyrrole nitrogens is 1. The van der Waals surface area contributed by atoms with Gasteiger partial charge in [-0.1, -0.05) is 19.3 Å². The third-order valence-corrected chi connectivity index (χ3v) is 4.62. The molecule has 3 heteroatoms. The van der Waals surface area contributed by atoms with Crippen LogP contribution in [-0.2, 0) is 5.41 Å². The summed E-state index contributed by atoms with van der Waals surface area (Å²) in [7, 11) is 0. The number of hydrogen-bond donors (Lipinski definition) is 2. The molecule has 1 fully saturated rings. The van der Waals surface area contributed by atoms with Crippen LogP contribution in [0.25, 0.3) is 10.9 Å². The second-order valence-electron chi connectivity index (χ2n) is 5.92. The minimum absolute atomic E-state index is 0.0983. The quantitative estimate of drug-likeness (QED) is 0.847. The highest BCUT2D eigenvalue weighted by molar-refractivity contribution is 5.81. The molecule has 1 aliphatic rings. The van der Waals surface area contributed by atoms with Crippen molar-refractivity contribution in [3.05, 3.63) is 35.3 Å². The average Bonchev–Trinajstić information content (AvgIpc) is 2.77. The summed E-state index contributed by atoms with van der Waals surface area (Å²) in [6.45, 7) is 2.53. The Morgan fingerprint density at radius 3 is 2.63 bits per heavy atom. The first-order valence-electron chi connectivity index (χ1n) is 7.14. The van der Waals surface area contributed by atoms with Crippen molar-refractivity contribution in [2.24, 2.45) is 5.73 Å². The standard InChI is InChI=1S/C16H21FN2/c1-11-7-12-8-14(17)13(9-15(12)19-11)16(10-18)5-3-2-4-6-16/h7-9,19H,2-6,10,18H2,1H3. The molecule has 0 radical (unpaired) electrons. The number of aromatic amines is 1. The van der Waals surface area contributed by atoms with Crippen molar-refractivity contribution < 1.29 is 4.39 Å². The second-order valence-corrected chi connectivity index (χ2v) is 5.92. The minimum Gasteiger partial charge on any atom is -0.359 e. The number of fused-ring (bicyclic) bond motifs is 1. The molecule has 2 nitrogen and oxygen atoms in total. The molecular formula is C16H21FN2. The summed E-state index contributed by atoms with van der Waals surface area (Å²) in [6, 6.07) is 5.62. The summed E-state index contributed by atoms with van der Waals surface area (Å²) >= 11 is 0. The lowest BCUT2D eigenvalue weighted by atomic mass is 9.69. The number of aryl methyl sites for hydroxylation is 1. The molecule has 0 aliphatic heterocycles. The third-order valence-electron chi connectivity index (χ3n) is 4.62. The van der Waals surface area contributed by atoms with Crippen molar-refractivity contribution in [3.8, 4) is 0 Å². The summed E-state index contributed by atoms with van der Waals surface area (Å²) in [5.74, 6) is -0.0983. The highest BCUT2D eigenvalue weighted by Crippen LogP contribution is 2.40. The number of aromatic nitrogens is 1. The van der Waals surface area contributed by atoms with Crippen LogP contribution in [0.5, 0.6) is 0 Å². The first-order valence-corrected chi connectivity index (χ1v) is 7.14. The maximum Gasteiger partial charge on any atom is 0.127 e. The molecule has 102 valence electrons. The van der Waals surface area contributed by atoms with E-state index in [9.17, 15) is 4.39 Å². The average molecular weight is 260 g/mol. The van der Waals surface area contributed by atoms with Gasteiger partial charge in [-0.25, -0.2) is 4.39 Å². The van der Waals surface area contributed by atoms with Crippen LogP contribution in [0.3, 0.4) is 0 Å². The lowest BCUT2D eigenvalue weighted by Crippen LogP contribution is -2.38. The zero-order valence-electron chi connectivity index (χ0n) is 11.4. The molecule has 0 spiro atoms. The van der Waals surface area contributed by atoms with Crippen LogP contribution in [0.1, 0.15) is 43.4 Å². The van der Waals surface area contributed by atoms with Gasteiger partial charge in [0.15, 0.2) is 0 Å². The van der Waals surface area contributed by atoms with Crippen LogP contribution < -0.4 is 5.73 Å². The Bertz CT molecular complexity index is 594. The monoisotopic (exact) mass is 260 g/mol. The van der Waals surface area contributed by atoms with Crippen molar-refractivity contribution >= 4 is 10.9 Å². The molecule has 0 unspecified atom stereocenters. The topological polar surface area (TPSA) is 41.8 Å². The Morgan fingerprint density at radius 2 is 1.95 bits per heavy atom. The molecule has 1 saturated carbocycles. The maximum atomic E-state index is 14.5. The molecule has 0 bridgehead atoms. The molecule has 0 atom stereocenters. The summed E-state index contributed by atoms with van der Waals surface area (Å²) in [5.41, 5.74) is 8.75. The molecule has 1 heterocycles. The molecule has 3 N–H and O–H groups in total. The van der Waals surface area contributed by atoms with Crippen molar-refractivity contribution in [1.29, 1.82) is 0 Å². The Hall–Kier alpha value is -1.35. The van der Waals surface area contributed by atoms with Crippen molar-refractivity contribution in [1.82, 2.24) is 4.98 Å². The van der Waals surface area contributed by atoms with E-state index >= 15 is 0 Å². The summed E-state index contributed by atoms with van der Waals surface area (Å²) in [5, 5.41) is 0.946. The fourth-order valence-electron chi connectivity index (χ4n) is 3.52. The number of halogens is 1. The Morgan fingerprint density at radius 1 is 1.21 bits per heavy atom. The van der Waals surface area contributed by atoms with Gasteiger partial charge in [-0.3, -0.25) is 0 Å². The van der Waals surface area contributed by atoms with Crippen LogP contribution in [0.15, 0.2) is 18.2 Å². The van der Waals surface area contributed by atoms with E-state index in [0.717, 1.165) is 47.8 Å². The van der Waals surface area contributed by atoms with Gasteiger partial charge in [0.05, 0.1) is 0 Å². The molecular weight excluding hydrogens is 239 g/mol. The molecule has 2 aromatic rings. The van der Waals surface area contributed by atoms with Crippen LogP contribution in [0.2, 0.25) is 0 Å². The Kier molecular flexibility index (Phi) is 3.09. The number of rotatable bonds is 2. The van der Waals surface area contributed by atoms with Gasteiger partial charge in [0, 0.05) is 28.6 Å². The van der Waals surface area contributed by atoms with E-state index in [1.807, 2.05) is 19.1 Å². The Balaban J connectivity index is 2.14. The van der Waals surface area contributed by atoms with Gasteiger partial charge in [0.25, 0.3) is 0 Å². The van der Waals surface area contributed by atoms with Crippen molar-refractivity contribution in [2.45, 2.75) is 44.4 Å². The second kappa shape index (κ2) is 4.64. The van der Waals surface area contributed by atoms with E-state index in [1.54, 1.807) is 6.07 Å². The van der Waals surface area contributed by atoms with E-state index in [2.05, 4.69) is 4.98 Å². The van der Waals surface area contributed by atoms with Gasteiger partial charge in [-0.2, -0.15) is 0 Å². The molecule has 1 aromatic heterocycles. The highest BCUT2D eigenvalue weighted by atomic mass is 19.1. The normalized spacial score (nSPS) is 18.9. The number of benzene rings is 1. The highest BCUT2D eigenvalue weighted by Gasteiger charge is 2.35. The van der Waals surface area contributed by atoms with Gasteiger partial charge in [-0.05, 0) is 43.5 Å². The Labute approximate surface area is 113 Å². The van der Waals surface area contributed by atoms with Crippen LogP contribution in [0, 0.1) is 12.7 Å². The molecule has 19 heavy (non-hydrogen) atoms. The third kappa shape index (κ3) is 2.06. The lowest BCUT2D eigenvalue weighted by Gasteiger charge is -2.37. The summed E-state index contributed by atoms with van der Waals surface area (Å²) in [6.07, 6.45) is 5.56. The van der Waals surface area contributed by atoms with E-state index in [4.69, 9.17) is 5.73 Å². The lowest BCUT2D eigenvalue weighted by molar-refractivity contribution is 0.292. The van der Waals surface area contributed by atoms with E-state index in [1.165, 1.54) is 6.42 Å². The summed E-state index contributed by atoms with van der Waals surface area (Å²) in [4.78, 5) is 3.30. The van der Waals surface area contributed by atoms with Crippen LogP contribution >= 0.6 is 0 Å². The first kappa shape index (κ1) is 12.7. The molecule has 1 aliphatic carbocycles. The zero-order chi connectivity index (χ0) is 13.5. The molecule has 1 aromatic carbocycles. The zero-order valence-corrected chi connectivity index (χ0v) is 11.4. The predicted octanol–water partition coefficient (Wildman–Crippen LogP) is 3.78. The first-order chi connectivity index (χ1) is 9.14. The van der Waals surface area contributed by atoms with E-state index in [-0.39, 0.29) is 11.2 Å². The van der Waals surface area contributed by atoms with Gasteiger partial charge < -0.3 is 10.7 Å². The molecule has 0 amide bonds. The van der Waals surface area contributed by atoms with Gasteiger partial charge in [0.2, 0.25) is 0 Å². The van der Waals surface area contributed by atoms with Gasteiger partial charge in [0.1, 0.15) is 5.82 Å².